The molecule has 0 saturated carbocycles. The number of hydrogen-bond donors (Lipinski definition) is 0. The molecule has 0 amide bonds. The van der Waals surface area contributed by atoms with Gasteiger partial charge in [-0.15, -0.1) is 0 Å². The van der Waals surface area contributed by atoms with E-state index in [2.05, 4.69) is 9.97 Å². The van der Waals surface area contributed by atoms with E-state index in [0.29, 0.717) is 17.3 Å². The highest BCUT2D eigenvalue weighted by atomic mass is 35.5. The molecule has 5 heteroatoms. The summed E-state index contributed by atoms with van der Waals surface area (Å²) in [6.07, 6.45) is 0.431. The van der Waals surface area contributed by atoms with Gasteiger partial charge in [-0.25, -0.2) is 14.4 Å². The van der Waals surface area contributed by atoms with Gasteiger partial charge in [0.15, 0.2) is 11.0 Å². The van der Waals surface area contributed by atoms with Crippen molar-refractivity contribution >= 4 is 23.2 Å². The fourth-order valence-corrected chi connectivity index (χ4v) is 1.91. The van der Waals surface area contributed by atoms with Gasteiger partial charge in [-0.3, -0.25) is 0 Å². The van der Waals surface area contributed by atoms with Crippen molar-refractivity contribution in [2.45, 2.75) is 13.3 Å². The van der Waals surface area contributed by atoms with Crippen LogP contribution in [0, 0.1) is 12.7 Å². The summed E-state index contributed by atoms with van der Waals surface area (Å²) < 4.78 is 13.2. The second-order valence-corrected chi connectivity index (χ2v) is 4.36. The van der Waals surface area contributed by atoms with Crippen LogP contribution in [0.5, 0.6) is 0 Å². The normalized spacial score (nSPS) is 10.6. The molecule has 0 N–H and O–H groups in total. The maximum Gasteiger partial charge on any atom is 0.181 e. The molecule has 0 aliphatic carbocycles. The molecule has 1 aromatic carbocycles. The molecule has 88 valence electrons. The highest BCUT2D eigenvalue weighted by Gasteiger charge is 2.10. The van der Waals surface area contributed by atoms with Crippen LogP contribution >= 0.6 is 23.2 Å². The lowest BCUT2D eigenvalue weighted by Gasteiger charge is -2.05. The number of nitrogens with zero attached hydrogens (tertiary/aromatic N) is 2. The monoisotopic (exact) mass is 270 g/mol. The number of hydrogen-bond acceptors (Lipinski definition) is 2. The fourth-order valence-electron chi connectivity index (χ4n) is 1.47. The minimum absolute atomic E-state index is 0.153. The minimum atomic E-state index is -0.574. The molecule has 2 aromatic rings. The van der Waals surface area contributed by atoms with Crippen LogP contribution in [-0.4, -0.2) is 9.97 Å². The lowest BCUT2D eigenvalue weighted by molar-refractivity contribution is 0.597. The molecule has 0 aliphatic heterocycles. The Hall–Kier alpha value is -1.19. The molecule has 0 bridgehead atoms. The van der Waals surface area contributed by atoms with E-state index < -0.39 is 5.82 Å². The summed E-state index contributed by atoms with van der Waals surface area (Å²) in [4.78, 5) is 7.93. The largest absolute Gasteiger partial charge is 0.235 e. The third-order valence-corrected chi connectivity index (χ3v) is 2.95. The van der Waals surface area contributed by atoms with Gasteiger partial charge in [0.05, 0.1) is 5.69 Å². The van der Waals surface area contributed by atoms with Gasteiger partial charge in [0.2, 0.25) is 0 Å². The standard InChI is InChI=1S/C12H9Cl2FN2/c1-7-11(15)12(14)17-10(16-7)6-8-4-2-3-5-9(8)13/h2-5H,6H2,1H3. The highest BCUT2D eigenvalue weighted by Crippen LogP contribution is 2.19. The van der Waals surface area contributed by atoms with E-state index in [4.69, 9.17) is 23.2 Å². The first-order chi connectivity index (χ1) is 8.08. The molecule has 0 unspecified atom stereocenters. The number of aryl methyl sites for hydroxylation is 1. The van der Waals surface area contributed by atoms with E-state index in [-0.39, 0.29) is 10.8 Å². The topological polar surface area (TPSA) is 25.8 Å². The lowest BCUT2D eigenvalue weighted by atomic mass is 10.1. The van der Waals surface area contributed by atoms with Gasteiger partial charge in [-0.2, -0.15) is 0 Å². The molecule has 1 aromatic heterocycles. The molecule has 0 aliphatic rings. The predicted molar refractivity (Wildman–Crippen MR) is 66.0 cm³/mol. The molecule has 0 spiro atoms. The van der Waals surface area contributed by atoms with Crippen LogP contribution in [0.15, 0.2) is 24.3 Å². The van der Waals surface area contributed by atoms with Crippen molar-refractivity contribution in [3.05, 3.63) is 57.3 Å². The zero-order valence-electron chi connectivity index (χ0n) is 9.04. The van der Waals surface area contributed by atoms with Gasteiger partial charge in [0.25, 0.3) is 0 Å². The van der Waals surface area contributed by atoms with E-state index >= 15 is 0 Å². The van der Waals surface area contributed by atoms with Gasteiger partial charge in [0, 0.05) is 11.4 Å². The van der Waals surface area contributed by atoms with Crippen LogP contribution < -0.4 is 0 Å². The first kappa shape index (κ1) is 12.3. The highest BCUT2D eigenvalue weighted by molar-refractivity contribution is 6.31. The van der Waals surface area contributed by atoms with E-state index in [0.717, 1.165) is 5.56 Å². The summed E-state index contributed by atoms with van der Waals surface area (Å²) in [5.41, 5.74) is 1.13. The molecular formula is C12H9Cl2FN2. The summed E-state index contributed by atoms with van der Waals surface area (Å²) in [7, 11) is 0. The summed E-state index contributed by atoms with van der Waals surface area (Å²) in [6, 6.07) is 7.38. The Kier molecular flexibility index (Phi) is 3.60. The van der Waals surface area contributed by atoms with Gasteiger partial charge < -0.3 is 0 Å². The SMILES string of the molecule is Cc1nc(Cc2ccccc2Cl)nc(Cl)c1F. The van der Waals surface area contributed by atoms with E-state index in [1.165, 1.54) is 0 Å². The summed E-state index contributed by atoms with van der Waals surface area (Å²) in [6.45, 7) is 1.55. The van der Waals surface area contributed by atoms with Crippen molar-refractivity contribution in [3.63, 3.8) is 0 Å². The Bertz CT molecular complexity index is 535. The van der Waals surface area contributed by atoms with Crippen molar-refractivity contribution in [1.29, 1.82) is 0 Å². The maximum atomic E-state index is 13.2. The Morgan fingerprint density at radius 1 is 1.18 bits per heavy atom. The second kappa shape index (κ2) is 4.98. The number of aromatic nitrogens is 2. The third-order valence-electron chi connectivity index (χ3n) is 2.33. The van der Waals surface area contributed by atoms with Crippen molar-refractivity contribution < 1.29 is 4.39 Å². The van der Waals surface area contributed by atoms with Crippen molar-refractivity contribution in [2.24, 2.45) is 0 Å². The van der Waals surface area contributed by atoms with Crippen LogP contribution in [0.25, 0.3) is 0 Å². The zero-order chi connectivity index (χ0) is 12.4. The molecule has 0 radical (unpaired) electrons. The molecule has 0 saturated heterocycles. The van der Waals surface area contributed by atoms with Crippen LogP contribution in [0.4, 0.5) is 4.39 Å². The number of halogens is 3. The van der Waals surface area contributed by atoms with E-state index in [1.54, 1.807) is 13.0 Å². The van der Waals surface area contributed by atoms with Gasteiger partial charge in [0.1, 0.15) is 5.82 Å². The van der Waals surface area contributed by atoms with Crippen LogP contribution in [-0.2, 0) is 6.42 Å². The first-order valence-corrected chi connectivity index (χ1v) is 5.75. The molecule has 2 rings (SSSR count). The number of benzene rings is 1. The Labute approximate surface area is 108 Å². The molecule has 1 heterocycles. The summed E-state index contributed by atoms with van der Waals surface area (Å²) in [5.74, 6) is -0.114. The van der Waals surface area contributed by atoms with Crippen LogP contribution in [0.1, 0.15) is 17.1 Å². The quantitative estimate of drug-likeness (QED) is 0.776. The van der Waals surface area contributed by atoms with Crippen molar-refractivity contribution in [2.75, 3.05) is 0 Å². The molecule has 0 fully saturated rings. The Morgan fingerprint density at radius 2 is 1.88 bits per heavy atom. The second-order valence-electron chi connectivity index (χ2n) is 3.60. The number of rotatable bonds is 2. The fraction of sp³-hybridized carbons (Fsp3) is 0.167. The van der Waals surface area contributed by atoms with Crippen molar-refractivity contribution in [1.82, 2.24) is 9.97 Å². The van der Waals surface area contributed by atoms with Crippen LogP contribution in [0.3, 0.4) is 0 Å². The molecule has 17 heavy (non-hydrogen) atoms. The average Bonchev–Trinajstić information content (AvgIpc) is 2.29. The molecule has 2 nitrogen and oxygen atoms in total. The predicted octanol–water partition coefficient (Wildman–Crippen LogP) is 3.82. The molecule has 0 atom stereocenters. The van der Waals surface area contributed by atoms with Gasteiger partial charge >= 0.3 is 0 Å². The summed E-state index contributed by atoms with van der Waals surface area (Å²) >= 11 is 11.7. The minimum Gasteiger partial charge on any atom is -0.235 e. The van der Waals surface area contributed by atoms with Gasteiger partial charge in [-0.05, 0) is 18.6 Å². The average molecular weight is 271 g/mol. The van der Waals surface area contributed by atoms with Crippen molar-refractivity contribution in [3.8, 4) is 0 Å². The van der Waals surface area contributed by atoms with Gasteiger partial charge in [-0.1, -0.05) is 41.4 Å². The third kappa shape index (κ3) is 2.73. The summed E-state index contributed by atoms with van der Waals surface area (Å²) in [5, 5.41) is 0.480. The first-order valence-electron chi connectivity index (χ1n) is 5.00. The van der Waals surface area contributed by atoms with Crippen LogP contribution in [0.2, 0.25) is 10.2 Å². The smallest absolute Gasteiger partial charge is 0.181 e. The Balaban J connectivity index is 2.34. The molecular weight excluding hydrogens is 262 g/mol. The maximum absolute atomic E-state index is 13.2. The Morgan fingerprint density at radius 3 is 2.53 bits per heavy atom. The van der Waals surface area contributed by atoms with E-state index in [9.17, 15) is 4.39 Å². The zero-order valence-corrected chi connectivity index (χ0v) is 10.6. The van der Waals surface area contributed by atoms with E-state index in [1.807, 2.05) is 18.2 Å². The lowest BCUT2D eigenvalue weighted by Crippen LogP contribution is -2.02.